The number of carbonyl (C=O) groups excluding carboxylic acids is 1. The van der Waals surface area contributed by atoms with Gasteiger partial charge in [0.05, 0.1) is 6.54 Å². The van der Waals surface area contributed by atoms with Crippen molar-refractivity contribution in [1.82, 2.24) is 0 Å². The second-order valence-electron chi connectivity index (χ2n) is 5.40. The summed E-state index contributed by atoms with van der Waals surface area (Å²) in [7, 11) is 0. The highest BCUT2D eigenvalue weighted by molar-refractivity contribution is 6.30. The summed E-state index contributed by atoms with van der Waals surface area (Å²) >= 11 is 5.93. The van der Waals surface area contributed by atoms with E-state index >= 15 is 0 Å². The van der Waals surface area contributed by atoms with Crippen LogP contribution in [0.4, 0.5) is 5.69 Å². The molecule has 0 aromatic heterocycles. The van der Waals surface area contributed by atoms with Crippen LogP contribution in [0.15, 0.2) is 54.6 Å². The topological polar surface area (TPSA) is 29.5 Å². The van der Waals surface area contributed by atoms with Gasteiger partial charge in [-0.05, 0) is 49.2 Å². The van der Waals surface area contributed by atoms with Crippen LogP contribution in [0.5, 0.6) is 5.75 Å². The third kappa shape index (κ3) is 3.80. The van der Waals surface area contributed by atoms with Gasteiger partial charge in [0.15, 0.2) is 0 Å². The van der Waals surface area contributed by atoms with E-state index in [9.17, 15) is 4.79 Å². The zero-order valence-corrected chi connectivity index (χ0v) is 13.0. The maximum Gasteiger partial charge on any atom is 0.230 e. The minimum absolute atomic E-state index is 0.174. The summed E-state index contributed by atoms with van der Waals surface area (Å²) in [5.41, 5.74) is 0.873. The molecule has 0 aliphatic heterocycles. The second kappa shape index (κ2) is 6.84. The first-order chi connectivity index (χ1) is 10.7. The molecule has 1 fully saturated rings. The summed E-state index contributed by atoms with van der Waals surface area (Å²) in [6.45, 7) is 0.997. The lowest BCUT2D eigenvalue weighted by Gasteiger charge is -2.23. The third-order valence-electron chi connectivity index (χ3n) is 3.66. The largest absolute Gasteiger partial charge is 0.492 e. The number of anilines is 1. The van der Waals surface area contributed by atoms with Crippen LogP contribution in [-0.4, -0.2) is 19.1 Å². The minimum Gasteiger partial charge on any atom is -0.492 e. The molecule has 2 aromatic rings. The normalized spacial score (nSPS) is 13.7. The monoisotopic (exact) mass is 315 g/mol. The highest BCUT2D eigenvalue weighted by Gasteiger charge is 2.33. The summed E-state index contributed by atoms with van der Waals surface area (Å²) in [6, 6.07) is 17.0. The summed E-state index contributed by atoms with van der Waals surface area (Å²) in [5, 5.41) is 0.670. The van der Waals surface area contributed by atoms with Crippen molar-refractivity contribution in [3.8, 4) is 5.75 Å². The number of hydrogen-bond acceptors (Lipinski definition) is 2. The van der Waals surface area contributed by atoms with E-state index in [1.807, 2.05) is 54.6 Å². The van der Waals surface area contributed by atoms with Crippen molar-refractivity contribution < 1.29 is 9.53 Å². The predicted molar refractivity (Wildman–Crippen MR) is 88.5 cm³/mol. The van der Waals surface area contributed by atoms with Gasteiger partial charge in [0.2, 0.25) is 5.91 Å². The molecule has 1 aliphatic carbocycles. The van der Waals surface area contributed by atoms with Crippen LogP contribution in [0.3, 0.4) is 0 Å². The van der Waals surface area contributed by atoms with Gasteiger partial charge in [-0.1, -0.05) is 29.8 Å². The Bertz CT molecular complexity index is 623. The van der Waals surface area contributed by atoms with Gasteiger partial charge in [0.1, 0.15) is 12.4 Å². The maximum absolute atomic E-state index is 12.5. The lowest BCUT2D eigenvalue weighted by Crippen LogP contribution is -2.35. The van der Waals surface area contributed by atoms with Crippen molar-refractivity contribution in [2.75, 3.05) is 18.1 Å². The Balaban J connectivity index is 1.66. The molecule has 1 saturated carbocycles. The average molecular weight is 316 g/mol. The smallest absolute Gasteiger partial charge is 0.230 e. The molecule has 0 spiro atoms. The number of carbonyl (C=O) groups is 1. The highest BCUT2D eigenvalue weighted by Crippen LogP contribution is 2.33. The molecule has 0 N–H and O–H groups in total. The molecule has 0 saturated heterocycles. The number of hydrogen-bond donors (Lipinski definition) is 0. The van der Waals surface area contributed by atoms with Crippen LogP contribution in [0, 0.1) is 5.92 Å². The molecule has 3 nitrogen and oxygen atoms in total. The number of nitrogens with zero attached hydrogens (tertiary/aromatic N) is 1. The van der Waals surface area contributed by atoms with Gasteiger partial charge in [-0.2, -0.15) is 0 Å². The van der Waals surface area contributed by atoms with Gasteiger partial charge in [-0.3, -0.25) is 4.79 Å². The molecule has 4 heteroatoms. The van der Waals surface area contributed by atoms with Gasteiger partial charge < -0.3 is 9.64 Å². The van der Waals surface area contributed by atoms with Crippen molar-refractivity contribution in [2.45, 2.75) is 12.8 Å². The van der Waals surface area contributed by atoms with Crippen LogP contribution in [0.25, 0.3) is 0 Å². The zero-order valence-electron chi connectivity index (χ0n) is 12.2. The molecule has 3 rings (SSSR count). The first-order valence-corrected chi connectivity index (χ1v) is 7.86. The van der Waals surface area contributed by atoms with E-state index in [0.717, 1.165) is 24.3 Å². The Morgan fingerprint density at radius 3 is 2.41 bits per heavy atom. The molecule has 0 heterocycles. The van der Waals surface area contributed by atoms with E-state index in [0.29, 0.717) is 18.2 Å². The molecule has 2 aromatic carbocycles. The Morgan fingerprint density at radius 1 is 1.09 bits per heavy atom. The van der Waals surface area contributed by atoms with Crippen LogP contribution in [0.1, 0.15) is 12.8 Å². The van der Waals surface area contributed by atoms with Crippen LogP contribution in [0.2, 0.25) is 5.02 Å². The van der Waals surface area contributed by atoms with Gasteiger partial charge in [0.25, 0.3) is 0 Å². The summed E-state index contributed by atoms with van der Waals surface area (Å²) in [4.78, 5) is 14.3. The SMILES string of the molecule is O=C(C1CC1)N(CCOc1ccccc1)c1ccc(Cl)cc1. The second-order valence-corrected chi connectivity index (χ2v) is 5.84. The molecule has 1 amide bonds. The molecule has 0 atom stereocenters. The standard InChI is InChI=1S/C18H18ClNO2/c19-15-8-10-16(11-9-15)20(18(21)14-6-7-14)12-13-22-17-4-2-1-3-5-17/h1-5,8-11,14H,6-7,12-13H2. The molecule has 0 unspecified atom stereocenters. The molecule has 0 bridgehead atoms. The molecular weight excluding hydrogens is 298 g/mol. The van der Waals surface area contributed by atoms with Crippen LogP contribution < -0.4 is 9.64 Å². The van der Waals surface area contributed by atoms with Crippen molar-refractivity contribution >= 4 is 23.2 Å². The van der Waals surface area contributed by atoms with Crippen LogP contribution in [-0.2, 0) is 4.79 Å². The van der Waals surface area contributed by atoms with Crippen molar-refractivity contribution in [3.05, 3.63) is 59.6 Å². The summed E-state index contributed by atoms with van der Waals surface area (Å²) in [5.74, 6) is 1.17. The van der Waals surface area contributed by atoms with Gasteiger partial charge in [0, 0.05) is 16.6 Å². The number of ether oxygens (including phenoxy) is 1. The van der Waals surface area contributed by atoms with E-state index in [4.69, 9.17) is 16.3 Å². The fraction of sp³-hybridized carbons (Fsp3) is 0.278. The van der Waals surface area contributed by atoms with Crippen LogP contribution >= 0.6 is 11.6 Å². The van der Waals surface area contributed by atoms with E-state index in [-0.39, 0.29) is 11.8 Å². The van der Waals surface area contributed by atoms with E-state index < -0.39 is 0 Å². The molecule has 0 radical (unpaired) electrons. The minimum atomic E-state index is 0.174. The molecular formula is C18H18ClNO2. The molecule has 22 heavy (non-hydrogen) atoms. The zero-order chi connectivity index (χ0) is 15.4. The summed E-state index contributed by atoms with van der Waals surface area (Å²) in [6.07, 6.45) is 1.98. The number of halogens is 1. The number of benzene rings is 2. The quantitative estimate of drug-likeness (QED) is 0.801. The molecule has 114 valence electrons. The highest BCUT2D eigenvalue weighted by atomic mass is 35.5. The average Bonchev–Trinajstić information content (AvgIpc) is 3.38. The van der Waals surface area contributed by atoms with E-state index in [2.05, 4.69) is 0 Å². The fourth-order valence-corrected chi connectivity index (χ4v) is 2.44. The van der Waals surface area contributed by atoms with Gasteiger partial charge >= 0.3 is 0 Å². The Kier molecular flexibility index (Phi) is 4.64. The first kappa shape index (κ1) is 14.9. The third-order valence-corrected chi connectivity index (χ3v) is 3.91. The maximum atomic E-state index is 12.5. The lowest BCUT2D eigenvalue weighted by atomic mass is 10.2. The van der Waals surface area contributed by atoms with Crippen molar-refractivity contribution in [2.24, 2.45) is 5.92 Å². The first-order valence-electron chi connectivity index (χ1n) is 7.49. The van der Waals surface area contributed by atoms with E-state index in [1.165, 1.54) is 0 Å². The number of amides is 1. The van der Waals surface area contributed by atoms with Gasteiger partial charge in [-0.15, -0.1) is 0 Å². The fourth-order valence-electron chi connectivity index (χ4n) is 2.31. The Labute approximate surface area is 135 Å². The Hall–Kier alpha value is -2.00. The number of rotatable bonds is 6. The van der Waals surface area contributed by atoms with Crippen molar-refractivity contribution in [1.29, 1.82) is 0 Å². The van der Waals surface area contributed by atoms with Crippen molar-refractivity contribution in [3.63, 3.8) is 0 Å². The Morgan fingerprint density at radius 2 is 1.77 bits per heavy atom. The lowest BCUT2D eigenvalue weighted by molar-refractivity contribution is -0.119. The van der Waals surface area contributed by atoms with E-state index in [1.54, 1.807) is 4.90 Å². The summed E-state index contributed by atoms with van der Waals surface area (Å²) < 4.78 is 5.71. The number of para-hydroxylation sites is 1. The molecule has 1 aliphatic rings. The predicted octanol–water partition coefficient (Wildman–Crippen LogP) is 4.16. The van der Waals surface area contributed by atoms with Gasteiger partial charge in [-0.25, -0.2) is 0 Å².